The van der Waals surface area contributed by atoms with Gasteiger partial charge < -0.3 is 10.2 Å². The topological polar surface area (TPSA) is 49.4 Å². The van der Waals surface area contributed by atoms with Crippen LogP contribution in [0.15, 0.2) is 53.4 Å². The minimum atomic E-state index is -0.0496. The summed E-state index contributed by atoms with van der Waals surface area (Å²) in [6.07, 6.45) is 1.39. The first-order chi connectivity index (χ1) is 12.3. The van der Waals surface area contributed by atoms with Gasteiger partial charge in [0.05, 0.1) is 6.42 Å². The molecule has 5 heteroatoms. The van der Waals surface area contributed by atoms with E-state index in [1.165, 1.54) is 10.5 Å². The number of carbonyl (C=O) groups excluding carboxylic acids is 2. The number of hydrogen-bond acceptors (Lipinski definition) is 3. The van der Waals surface area contributed by atoms with Crippen molar-refractivity contribution < 1.29 is 9.59 Å². The zero-order chi connectivity index (χ0) is 19.1. The van der Waals surface area contributed by atoms with Gasteiger partial charge in [0.1, 0.15) is 0 Å². The molecule has 26 heavy (non-hydrogen) atoms. The van der Waals surface area contributed by atoms with Crippen molar-refractivity contribution in [2.45, 2.75) is 31.6 Å². The van der Waals surface area contributed by atoms with E-state index < -0.39 is 0 Å². The largest absolute Gasteiger partial charge is 0.339 e. The Balaban J connectivity index is 1.88. The number of hydrogen-bond donors (Lipinski definition) is 1. The molecule has 0 unspecified atom stereocenters. The molecule has 2 amide bonds. The maximum absolute atomic E-state index is 12.2. The van der Waals surface area contributed by atoms with Crippen LogP contribution in [0, 0.1) is 5.92 Å². The highest BCUT2D eigenvalue weighted by atomic mass is 32.2. The average Bonchev–Trinajstić information content (AvgIpc) is 2.57. The molecule has 0 radical (unpaired) electrons. The smallest absolute Gasteiger partial charge is 0.285 e. The molecule has 0 aliphatic heterocycles. The van der Waals surface area contributed by atoms with Crippen molar-refractivity contribution in [1.82, 2.24) is 4.90 Å². The van der Waals surface area contributed by atoms with Crippen molar-refractivity contribution in [1.29, 1.82) is 0 Å². The van der Waals surface area contributed by atoms with Gasteiger partial charge in [0.2, 0.25) is 5.91 Å². The quantitative estimate of drug-likeness (QED) is 0.740. The van der Waals surface area contributed by atoms with E-state index in [1.807, 2.05) is 36.4 Å². The molecule has 0 bridgehead atoms. The van der Waals surface area contributed by atoms with E-state index in [0.29, 0.717) is 12.3 Å². The summed E-state index contributed by atoms with van der Waals surface area (Å²) in [6.45, 7) is 4.39. The van der Waals surface area contributed by atoms with E-state index >= 15 is 0 Å². The average molecular weight is 371 g/mol. The van der Waals surface area contributed by atoms with Crippen molar-refractivity contribution in [3.05, 3.63) is 59.7 Å². The maximum atomic E-state index is 12.2. The molecular weight excluding hydrogens is 344 g/mol. The number of thioether (sulfide) groups is 1. The van der Waals surface area contributed by atoms with Crippen molar-refractivity contribution in [3.63, 3.8) is 0 Å². The number of benzene rings is 2. The molecule has 2 rings (SSSR count). The van der Waals surface area contributed by atoms with Crippen LogP contribution in [0.2, 0.25) is 0 Å². The Morgan fingerprint density at radius 3 is 2.08 bits per heavy atom. The fraction of sp³-hybridized carbons (Fsp3) is 0.333. The molecule has 0 spiro atoms. The second-order valence-corrected chi connectivity index (χ2v) is 7.95. The third-order valence-corrected chi connectivity index (χ3v) is 4.79. The fourth-order valence-corrected chi connectivity index (χ4v) is 3.11. The standard InChI is InChI=1S/C21H26N2O2S/c1-15(2)13-16-5-7-17(8-6-16)14-20(24)22-18-9-11-19(12-10-18)26-21(25)23(3)4/h5-12,15H,13-14H2,1-4H3,(H,22,24). The van der Waals surface area contributed by atoms with Gasteiger partial charge in [0.25, 0.3) is 5.24 Å². The number of nitrogens with one attached hydrogen (secondary N) is 1. The van der Waals surface area contributed by atoms with E-state index in [4.69, 9.17) is 0 Å². The fourth-order valence-electron chi connectivity index (χ4n) is 2.45. The van der Waals surface area contributed by atoms with Gasteiger partial charge in [-0.25, -0.2) is 0 Å². The Hall–Kier alpha value is -2.27. The van der Waals surface area contributed by atoms with Gasteiger partial charge in [-0.2, -0.15) is 0 Å². The van der Waals surface area contributed by atoms with Gasteiger partial charge in [0, 0.05) is 24.7 Å². The highest BCUT2D eigenvalue weighted by Crippen LogP contribution is 2.22. The van der Waals surface area contributed by atoms with Crippen LogP contribution in [0.5, 0.6) is 0 Å². The Kier molecular flexibility index (Phi) is 7.27. The highest BCUT2D eigenvalue weighted by Gasteiger charge is 2.08. The summed E-state index contributed by atoms with van der Waals surface area (Å²) in [5, 5.41) is 2.87. The maximum Gasteiger partial charge on any atom is 0.285 e. The molecule has 2 aromatic carbocycles. The van der Waals surface area contributed by atoms with Crippen LogP contribution in [0.3, 0.4) is 0 Å². The Morgan fingerprint density at radius 1 is 0.962 bits per heavy atom. The van der Waals surface area contributed by atoms with Crippen LogP contribution >= 0.6 is 11.8 Å². The normalized spacial score (nSPS) is 10.7. The van der Waals surface area contributed by atoms with Gasteiger partial charge in [-0.3, -0.25) is 9.59 Å². The molecule has 4 nitrogen and oxygen atoms in total. The summed E-state index contributed by atoms with van der Waals surface area (Å²) >= 11 is 1.16. The van der Waals surface area contributed by atoms with Crippen LogP contribution in [0.4, 0.5) is 10.5 Å². The van der Waals surface area contributed by atoms with Gasteiger partial charge in [0.15, 0.2) is 0 Å². The molecule has 0 aliphatic carbocycles. The van der Waals surface area contributed by atoms with Crippen molar-refractivity contribution in [2.75, 3.05) is 19.4 Å². The van der Waals surface area contributed by atoms with E-state index in [-0.39, 0.29) is 11.1 Å². The Bertz CT molecular complexity index is 738. The summed E-state index contributed by atoms with van der Waals surface area (Å²) in [6, 6.07) is 15.5. The summed E-state index contributed by atoms with van der Waals surface area (Å²) in [5.74, 6) is 0.574. The van der Waals surface area contributed by atoms with Crippen LogP contribution in [-0.2, 0) is 17.6 Å². The molecule has 0 heterocycles. The molecule has 2 aromatic rings. The molecule has 1 N–H and O–H groups in total. The van der Waals surface area contributed by atoms with Crippen LogP contribution in [0.25, 0.3) is 0 Å². The number of nitrogens with zero attached hydrogens (tertiary/aromatic N) is 1. The zero-order valence-electron chi connectivity index (χ0n) is 15.8. The predicted molar refractivity (Wildman–Crippen MR) is 109 cm³/mol. The van der Waals surface area contributed by atoms with E-state index in [0.717, 1.165) is 34.3 Å². The van der Waals surface area contributed by atoms with Gasteiger partial charge >= 0.3 is 0 Å². The molecular formula is C21H26N2O2S. The number of carbonyl (C=O) groups is 2. The molecule has 0 aliphatic rings. The van der Waals surface area contributed by atoms with Gasteiger partial charge in [-0.1, -0.05) is 38.1 Å². The lowest BCUT2D eigenvalue weighted by atomic mass is 10.0. The van der Waals surface area contributed by atoms with E-state index in [2.05, 4.69) is 31.3 Å². The van der Waals surface area contributed by atoms with Crippen LogP contribution < -0.4 is 5.32 Å². The third kappa shape index (κ3) is 6.56. The lowest BCUT2D eigenvalue weighted by molar-refractivity contribution is -0.115. The minimum Gasteiger partial charge on any atom is -0.339 e. The monoisotopic (exact) mass is 370 g/mol. The van der Waals surface area contributed by atoms with E-state index in [9.17, 15) is 9.59 Å². The second kappa shape index (κ2) is 9.43. The molecule has 0 aromatic heterocycles. The zero-order valence-corrected chi connectivity index (χ0v) is 16.6. The third-order valence-electron chi connectivity index (χ3n) is 3.74. The van der Waals surface area contributed by atoms with E-state index in [1.54, 1.807) is 14.1 Å². The highest BCUT2D eigenvalue weighted by molar-refractivity contribution is 8.13. The lowest BCUT2D eigenvalue weighted by Gasteiger charge is -2.10. The minimum absolute atomic E-state index is 0.0253. The van der Waals surface area contributed by atoms with Crippen LogP contribution in [0.1, 0.15) is 25.0 Å². The summed E-state index contributed by atoms with van der Waals surface area (Å²) in [5.41, 5.74) is 3.02. The number of amides is 2. The second-order valence-electron chi connectivity index (χ2n) is 6.93. The number of anilines is 1. The SMILES string of the molecule is CC(C)Cc1ccc(CC(=O)Nc2ccc(SC(=O)N(C)C)cc2)cc1. The molecule has 0 saturated heterocycles. The van der Waals surface area contributed by atoms with Crippen molar-refractivity contribution in [2.24, 2.45) is 5.92 Å². The predicted octanol–water partition coefficient (Wildman–Crippen LogP) is 4.84. The summed E-state index contributed by atoms with van der Waals surface area (Å²) in [4.78, 5) is 26.3. The first-order valence-electron chi connectivity index (χ1n) is 8.70. The van der Waals surface area contributed by atoms with Gasteiger partial charge in [-0.15, -0.1) is 0 Å². The van der Waals surface area contributed by atoms with Crippen molar-refractivity contribution in [3.8, 4) is 0 Å². The number of rotatable bonds is 6. The molecule has 0 fully saturated rings. The van der Waals surface area contributed by atoms with Crippen molar-refractivity contribution >= 4 is 28.6 Å². The van der Waals surface area contributed by atoms with Gasteiger partial charge in [-0.05, 0) is 59.5 Å². The summed E-state index contributed by atoms with van der Waals surface area (Å²) < 4.78 is 0. The molecule has 0 atom stereocenters. The first-order valence-corrected chi connectivity index (χ1v) is 9.52. The molecule has 138 valence electrons. The first kappa shape index (κ1) is 20.0. The lowest BCUT2D eigenvalue weighted by Crippen LogP contribution is -2.16. The van der Waals surface area contributed by atoms with Crippen LogP contribution in [-0.4, -0.2) is 30.1 Å². The Labute approximate surface area is 160 Å². The summed E-state index contributed by atoms with van der Waals surface area (Å²) in [7, 11) is 3.44. The molecule has 0 saturated carbocycles. The Morgan fingerprint density at radius 2 is 1.54 bits per heavy atom.